The van der Waals surface area contributed by atoms with Gasteiger partial charge in [-0.2, -0.15) is 0 Å². The summed E-state index contributed by atoms with van der Waals surface area (Å²) in [4.78, 5) is 45.4. The van der Waals surface area contributed by atoms with Crippen LogP contribution in [0.15, 0.2) is 35.8 Å². The van der Waals surface area contributed by atoms with Crippen molar-refractivity contribution in [3.8, 4) is 0 Å². The van der Waals surface area contributed by atoms with Crippen molar-refractivity contribution in [3.63, 3.8) is 0 Å². The van der Waals surface area contributed by atoms with E-state index in [9.17, 15) is 14.4 Å². The van der Waals surface area contributed by atoms with Gasteiger partial charge in [0.25, 0.3) is 5.91 Å². The fraction of sp³-hybridized carbons (Fsp3) is 0.455. The average Bonchev–Trinajstić information content (AvgIpc) is 3.41. The molecule has 2 aliphatic rings. The molecular formula is C22H26N4O3S2. The van der Waals surface area contributed by atoms with Gasteiger partial charge in [0.1, 0.15) is 17.5 Å². The lowest BCUT2D eigenvalue weighted by Gasteiger charge is -2.32. The number of amides is 3. The third-order valence-corrected chi connectivity index (χ3v) is 8.22. The van der Waals surface area contributed by atoms with E-state index in [0.717, 1.165) is 12.0 Å². The van der Waals surface area contributed by atoms with Crippen LogP contribution in [0.25, 0.3) is 0 Å². The standard InChI is InChI=1S/C22H26N4O3S2/c1-5-12(2)15(17(27)25-21-23-10-11-30-21)24-18(28)16-22(3,4)31-20-14-9-7-6-8-13(14)19(29)26(16)20/h6-12,15-16,20H,5H2,1-4H3,(H,24,28)(H,23,25,27)/t12-,15+,16-,20+/m1/s1. The van der Waals surface area contributed by atoms with Crippen LogP contribution in [0.4, 0.5) is 5.13 Å². The molecule has 7 nitrogen and oxygen atoms in total. The van der Waals surface area contributed by atoms with Crippen molar-refractivity contribution in [2.24, 2.45) is 5.92 Å². The summed E-state index contributed by atoms with van der Waals surface area (Å²) in [5.74, 6) is -0.816. The van der Waals surface area contributed by atoms with E-state index >= 15 is 0 Å². The van der Waals surface area contributed by atoms with Crippen molar-refractivity contribution in [3.05, 3.63) is 47.0 Å². The van der Waals surface area contributed by atoms with E-state index in [1.165, 1.54) is 11.3 Å². The molecule has 1 fully saturated rings. The van der Waals surface area contributed by atoms with E-state index in [4.69, 9.17) is 0 Å². The van der Waals surface area contributed by atoms with Gasteiger partial charge in [-0.15, -0.1) is 23.1 Å². The van der Waals surface area contributed by atoms with Crippen molar-refractivity contribution >= 4 is 46.0 Å². The van der Waals surface area contributed by atoms with E-state index < -0.39 is 16.8 Å². The van der Waals surface area contributed by atoms with Gasteiger partial charge in [-0.25, -0.2) is 4.98 Å². The van der Waals surface area contributed by atoms with Gasteiger partial charge in [0.15, 0.2) is 5.13 Å². The van der Waals surface area contributed by atoms with Gasteiger partial charge in [-0.1, -0.05) is 38.5 Å². The number of fused-ring (bicyclic) bond motifs is 3. The number of hydrogen-bond acceptors (Lipinski definition) is 6. The number of rotatable bonds is 6. The fourth-order valence-electron chi connectivity index (χ4n) is 4.21. The van der Waals surface area contributed by atoms with Gasteiger partial charge in [0.05, 0.1) is 0 Å². The Morgan fingerprint density at radius 2 is 2.03 bits per heavy atom. The third-order valence-electron chi connectivity index (χ3n) is 6.00. The summed E-state index contributed by atoms with van der Waals surface area (Å²) in [7, 11) is 0. The highest BCUT2D eigenvalue weighted by Gasteiger charge is 2.57. The average molecular weight is 459 g/mol. The second-order valence-electron chi connectivity index (χ2n) is 8.47. The molecule has 0 bridgehead atoms. The summed E-state index contributed by atoms with van der Waals surface area (Å²) in [6.07, 6.45) is 2.34. The van der Waals surface area contributed by atoms with E-state index in [1.807, 2.05) is 52.0 Å². The van der Waals surface area contributed by atoms with E-state index in [0.29, 0.717) is 10.7 Å². The fourth-order valence-corrected chi connectivity index (χ4v) is 6.33. The molecule has 3 heterocycles. The lowest BCUT2D eigenvalue weighted by molar-refractivity contribution is -0.131. The van der Waals surface area contributed by atoms with Gasteiger partial charge in [-0.3, -0.25) is 14.4 Å². The Labute approximate surface area is 190 Å². The predicted molar refractivity (Wildman–Crippen MR) is 123 cm³/mol. The van der Waals surface area contributed by atoms with Gasteiger partial charge >= 0.3 is 0 Å². The van der Waals surface area contributed by atoms with Crippen LogP contribution in [-0.4, -0.2) is 44.4 Å². The largest absolute Gasteiger partial charge is 0.342 e. The van der Waals surface area contributed by atoms with Crippen molar-refractivity contribution < 1.29 is 14.4 Å². The Bertz CT molecular complexity index is 1010. The minimum absolute atomic E-state index is 0.0802. The molecule has 0 aliphatic carbocycles. The van der Waals surface area contributed by atoms with Crippen LogP contribution in [-0.2, 0) is 9.59 Å². The maximum absolute atomic E-state index is 13.5. The van der Waals surface area contributed by atoms with Crippen LogP contribution in [0.3, 0.4) is 0 Å². The summed E-state index contributed by atoms with van der Waals surface area (Å²) in [6.45, 7) is 7.86. The SMILES string of the molecule is CC[C@@H](C)[C@H](NC(=O)[C@H]1N2C(=O)c3ccccc3[C@@H]2SC1(C)C)C(=O)Nc1nccs1. The smallest absolute Gasteiger partial charge is 0.256 e. The molecule has 9 heteroatoms. The topological polar surface area (TPSA) is 91.4 Å². The minimum Gasteiger partial charge on any atom is -0.342 e. The Hall–Kier alpha value is -2.39. The number of thiazole rings is 1. The van der Waals surface area contributed by atoms with E-state index in [1.54, 1.807) is 28.2 Å². The maximum Gasteiger partial charge on any atom is 0.256 e. The zero-order valence-corrected chi connectivity index (χ0v) is 19.5. The molecule has 2 aliphatic heterocycles. The molecule has 31 heavy (non-hydrogen) atoms. The molecule has 1 aromatic carbocycles. The van der Waals surface area contributed by atoms with Crippen LogP contribution in [0, 0.1) is 5.92 Å². The molecular weight excluding hydrogens is 432 g/mol. The number of anilines is 1. The molecule has 3 amide bonds. The van der Waals surface area contributed by atoms with Crippen LogP contribution in [0.2, 0.25) is 0 Å². The van der Waals surface area contributed by atoms with E-state index in [-0.39, 0.29) is 29.0 Å². The van der Waals surface area contributed by atoms with Gasteiger partial charge in [0, 0.05) is 21.9 Å². The molecule has 2 N–H and O–H groups in total. The van der Waals surface area contributed by atoms with Crippen LogP contribution < -0.4 is 10.6 Å². The van der Waals surface area contributed by atoms with Crippen LogP contribution >= 0.6 is 23.1 Å². The molecule has 1 saturated heterocycles. The Kier molecular flexibility index (Phi) is 5.83. The molecule has 4 atom stereocenters. The van der Waals surface area contributed by atoms with Crippen molar-refractivity contribution in [2.75, 3.05) is 5.32 Å². The molecule has 4 rings (SSSR count). The number of carbonyl (C=O) groups is 3. The summed E-state index contributed by atoms with van der Waals surface area (Å²) in [6, 6.07) is 6.11. The quantitative estimate of drug-likeness (QED) is 0.689. The molecule has 0 radical (unpaired) electrons. The van der Waals surface area contributed by atoms with Crippen molar-refractivity contribution in [2.45, 2.75) is 56.3 Å². The minimum atomic E-state index is -0.721. The zero-order valence-electron chi connectivity index (χ0n) is 17.9. The highest BCUT2D eigenvalue weighted by molar-refractivity contribution is 8.01. The molecule has 164 valence electrons. The number of benzene rings is 1. The van der Waals surface area contributed by atoms with Crippen molar-refractivity contribution in [1.82, 2.24) is 15.2 Å². The molecule has 0 saturated carbocycles. The number of nitrogens with zero attached hydrogens (tertiary/aromatic N) is 2. The number of hydrogen-bond donors (Lipinski definition) is 2. The van der Waals surface area contributed by atoms with Gasteiger partial charge in [-0.05, 0) is 31.4 Å². The number of thioether (sulfide) groups is 1. The van der Waals surface area contributed by atoms with Gasteiger partial charge in [0.2, 0.25) is 11.8 Å². The van der Waals surface area contributed by atoms with Crippen molar-refractivity contribution in [1.29, 1.82) is 0 Å². The first-order valence-corrected chi connectivity index (χ1v) is 12.1. The lowest BCUT2D eigenvalue weighted by atomic mass is 9.95. The first kappa shape index (κ1) is 21.8. The van der Waals surface area contributed by atoms with Gasteiger partial charge < -0.3 is 15.5 Å². The molecule has 0 spiro atoms. The lowest BCUT2D eigenvalue weighted by Crippen LogP contribution is -2.57. The third kappa shape index (κ3) is 3.85. The maximum atomic E-state index is 13.5. The first-order valence-electron chi connectivity index (χ1n) is 10.3. The monoisotopic (exact) mass is 458 g/mol. The summed E-state index contributed by atoms with van der Waals surface area (Å²) < 4.78 is -0.496. The Morgan fingerprint density at radius 3 is 2.71 bits per heavy atom. The normalized spacial score (nSPS) is 23.1. The van der Waals surface area contributed by atoms with E-state index in [2.05, 4.69) is 15.6 Å². The Morgan fingerprint density at radius 1 is 1.29 bits per heavy atom. The molecule has 0 unspecified atom stereocenters. The second kappa shape index (κ2) is 8.27. The molecule has 1 aromatic heterocycles. The Balaban J connectivity index is 1.58. The summed E-state index contributed by atoms with van der Waals surface area (Å²) in [5, 5.41) is 7.83. The second-order valence-corrected chi connectivity index (χ2v) is 11.1. The number of aromatic nitrogens is 1. The number of nitrogens with one attached hydrogen (secondary N) is 2. The first-order chi connectivity index (χ1) is 14.7. The summed E-state index contributed by atoms with van der Waals surface area (Å²) in [5.41, 5.74) is 1.59. The predicted octanol–water partition coefficient (Wildman–Crippen LogP) is 3.66. The van der Waals surface area contributed by atoms with Crippen LogP contribution in [0.1, 0.15) is 55.4 Å². The highest BCUT2D eigenvalue weighted by Crippen LogP contribution is 2.56. The van der Waals surface area contributed by atoms with Crippen LogP contribution in [0.5, 0.6) is 0 Å². The zero-order chi connectivity index (χ0) is 22.3. The summed E-state index contributed by atoms with van der Waals surface area (Å²) >= 11 is 2.94. The molecule has 2 aromatic rings. The number of carbonyl (C=O) groups excluding carboxylic acids is 3. The highest BCUT2D eigenvalue weighted by atomic mass is 32.2.